The number of carbonyl (C=O) groups excluding carboxylic acids is 2. The van der Waals surface area contributed by atoms with Gasteiger partial charge in [-0.15, -0.1) is 0 Å². The Bertz CT molecular complexity index is 676. The maximum Gasteiger partial charge on any atom is 0.254 e. The molecule has 2 heterocycles. The van der Waals surface area contributed by atoms with Gasteiger partial charge in [0.2, 0.25) is 5.91 Å². The van der Waals surface area contributed by atoms with E-state index in [0.29, 0.717) is 18.5 Å². The number of aromatic nitrogens is 1. The van der Waals surface area contributed by atoms with E-state index in [1.54, 1.807) is 24.2 Å². The highest BCUT2D eigenvalue weighted by Gasteiger charge is 2.34. The van der Waals surface area contributed by atoms with Crippen molar-refractivity contribution in [2.24, 2.45) is 7.05 Å². The Kier molecular flexibility index (Phi) is 5.02. The normalized spacial score (nSPS) is 21.7. The summed E-state index contributed by atoms with van der Waals surface area (Å²) in [5.41, 5.74) is 0.142. The van der Waals surface area contributed by atoms with Crippen LogP contribution in [0.5, 0.6) is 0 Å². The molecule has 0 bridgehead atoms. The summed E-state index contributed by atoms with van der Waals surface area (Å²) in [4.78, 5) is 38.9. The maximum absolute atomic E-state index is 12.8. The molecule has 2 amide bonds. The van der Waals surface area contributed by atoms with Crippen molar-refractivity contribution in [3.05, 3.63) is 34.2 Å². The number of piperidine rings is 1. The minimum Gasteiger partial charge on any atom is -0.352 e. The van der Waals surface area contributed by atoms with Crippen LogP contribution < -0.4 is 10.9 Å². The molecule has 1 saturated heterocycles. The fraction of sp³-hybridized carbons (Fsp3) is 0.611. The predicted molar refractivity (Wildman–Crippen MR) is 90.8 cm³/mol. The van der Waals surface area contributed by atoms with Crippen LogP contribution in [-0.4, -0.2) is 39.9 Å². The Hall–Kier alpha value is -2.11. The highest BCUT2D eigenvalue weighted by Crippen LogP contribution is 2.22. The molecule has 1 aliphatic carbocycles. The van der Waals surface area contributed by atoms with Gasteiger partial charge in [-0.2, -0.15) is 0 Å². The number of nitrogens with one attached hydrogen (secondary N) is 1. The number of nitrogens with zero attached hydrogens (tertiary/aromatic N) is 2. The molecular weight excluding hydrogens is 306 g/mol. The number of hydrogen-bond donors (Lipinski definition) is 1. The van der Waals surface area contributed by atoms with E-state index in [1.807, 2.05) is 0 Å². The maximum atomic E-state index is 12.8. The lowest BCUT2D eigenvalue weighted by Gasteiger charge is -2.35. The third-order valence-electron chi connectivity index (χ3n) is 5.12. The van der Waals surface area contributed by atoms with Crippen molar-refractivity contribution in [1.29, 1.82) is 0 Å². The van der Waals surface area contributed by atoms with Crippen molar-refractivity contribution < 1.29 is 9.59 Å². The molecule has 1 atom stereocenters. The van der Waals surface area contributed by atoms with Gasteiger partial charge in [0.05, 0.1) is 0 Å². The van der Waals surface area contributed by atoms with Crippen molar-refractivity contribution in [2.45, 2.75) is 57.0 Å². The Morgan fingerprint density at radius 1 is 1.12 bits per heavy atom. The first-order valence-electron chi connectivity index (χ1n) is 8.84. The first-order valence-corrected chi connectivity index (χ1v) is 8.84. The van der Waals surface area contributed by atoms with Crippen molar-refractivity contribution in [3.8, 4) is 0 Å². The van der Waals surface area contributed by atoms with Gasteiger partial charge in [0.1, 0.15) is 6.04 Å². The molecule has 6 heteroatoms. The third kappa shape index (κ3) is 3.52. The molecule has 24 heavy (non-hydrogen) atoms. The highest BCUT2D eigenvalue weighted by atomic mass is 16.2. The lowest BCUT2D eigenvalue weighted by atomic mass is 9.99. The van der Waals surface area contributed by atoms with Crippen LogP contribution in [0.1, 0.15) is 55.3 Å². The van der Waals surface area contributed by atoms with E-state index in [-0.39, 0.29) is 23.4 Å². The fourth-order valence-corrected chi connectivity index (χ4v) is 3.66. The van der Waals surface area contributed by atoms with Crippen LogP contribution >= 0.6 is 0 Å². The number of pyridine rings is 1. The van der Waals surface area contributed by atoms with Gasteiger partial charge in [0, 0.05) is 37.5 Å². The number of likely N-dealkylation sites (tertiary alicyclic amines) is 1. The first-order chi connectivity index (χ1) is 11.6. The van der Waals surface area contributed by atoms with Crippen LogP contribution in [0, 0.1) is 0 Å². The molecule has 0 spiro atoms. The van der Waals surface area contributed by atoms with Crippen molar-refractivity contribution in [2.75, 3.05) is 6.54 Å². The summed E-state index contributed by atoms with van der Waals surface area (Å²) in [7, 11) is 1.65. The SMILES string of the molecule is Cn1ccc(C(=O)N2CCCCC2C(=O)NC2CCCC2)cc1=O. The summed E-state index contributed by atoms with van der Waals surface area (Å²) in [5.74, 6) is -0.266. The Morgan fingerprint density at radius 3 is 2.54 bits per heavy atom. The lowest BCUT2D eigenvalue weighted by Crippen LogP contribution is -2.53. The lowest BCUT2D eigenvalue weighted by molar-refractivity contribution is -0.127. The van der Waals surface area contributed by atoms with Crippen molar-refractivity contribution in [1.82, 2.24) is 14.8 Å². The summed E-state index contributed by atoms with van der Waals surface area (Å²) in [5, 5.41) is 3.11. The summed E-state index contributed by atoms with van der Waals surface area (Å²) in [6.07, 6.45) is 8.49. The van der Waals surface area contributed by atoms with Crippen molar-refractivity contribution >= 4 is 11.8 Å². The highest BCUT2D eigenvalue weighted by molar-refractivity contribution is 5.97. The zero-order valence-electron chi connectivity index (χ0n) is 14.2. The van der Waals surface area contributed by atoms with Crippen LogP contribution in [0.4, 0.5) is 0 Å². The number of aryl methyl sites for hydroxylation is 1. The van der Waals surface area contributed by atoms with E-state index >= 15 is 0 Å². The third-order valence-corrected chi connectivity index (χ3v) is 5.12. The van der Waals surface area contributed by atoms with Gasteiger partial charge >= 0.3 is 0 Å². The number of amides is 2. The van der Waals surface area contributed by atoms with E-state index in [0.717, 1.165) is 38.5 Å². The molecule has 1 unspecified atom stereocenters. The molecule has 6 nitrogen and oxygen atoms in total. The molecule has 0 aromatic carbocycles. The van der Waals surface area contributed by atoms with E-state index in [4.69, 9.17) is 0 Å². The largest absolute Gasteiger partial charge is 0.352 e. The fourth-order valence-electron chi connectivity index (χ4n) is 3.66. The van der Waals surface area contributed by atoms with Gasteiger partial charge in [0.15, 0.2) is 0 Å². The summed E-state index contributed by atoms with van der Waals surface area (Å²) >= 11 is 0. The quantitative estimate of drug-likeness (QED) is 0.911. The Labute approximate surface area is 141 Å². The summed E-state index contributed by atoms with van der Waals surface area (Å²) in [6, 6.07) is 2.82. The molecule has 1 N–H and O–H groups in total. The van der Waals surface area contributed by atoms with Crippen LogP contribution in [0.25, 0.3) is 0 Å². The van der Waals surface area contributed by atoms with Gasteiger partial charge < -0.3 is 14.8 Å². The molecule has 1 aromatic rings. The molecule has 0 radical (unpaired) electrons. The minimum absolute atomic E-state index is 0.0428. The van der Waals surface area contributed by atoms with Gasteiger partial charge in [-0.05, 0) is 38.2 Å². The second-order valence-corrected chi connectivity index (χ2v) is 6.86. The zero-order valence-corrected chi connectivity index (χ0v) is 14.2. The predicted octanol–water partition coefficient (Wildman–Crippen LogP) is 1.44. The molecule has 1 saturated carbocycles. The second kappa shape index (κ2) is 7.20. The van der Waals surface area contributed by atoms with Gasteiger partial charge in [-0.1, -0.05) is 12.8 Å². The monoisotopic (exact) mass is 331 g/mol. The molecule has 2 aliphatic rings. The number of rotatable bonds is 3. The Balaban J connectivity index is 1.75. The van der Waals surface area contributed by atoms with E-state index < -0.39 is 6.04 Å². The van der Waals surface area contributed by atoms with E-state index in [2.05, 4.69) is 5.32 Å². The number of carbonyl (C=O) groups is 2. The second-order valence-electron chi connectivity index (χ2n) is 6.86. The summed E-state index contributed by atoms with van der Waals surface area (Å²) in [6.45, 7) is 0.566. The molecule has 130 valence electrons. The molecule has 1 aliphatic heterocycles. The van der Waals surface area contributed by atoms with Crippen LogP contribution in [0.15, 0.2) is 23.1 Å². The summed E-state index contributed by atoms with van der Waals surface area (Å²) < 4.78 is 1.43. The van der Waals surface area contributed by atoms with Gasteiger partial charge in [0.25, 0.3) is 11.5 Å². The molecule has 1 aromatic heterocycles. The topological polar surface area (TPSA) is 71.4 Å². The van der Waals surface area contributed by atoms with Gasteiger partial charge in [-0.3, -0.25) is 14.4 Å². The van der Waals surface area contributed by atoms with Crippen LogP contribution in [0.3, 0.4) is 0 Å². The average molecular weight is 331 g/mol. The standard InChI is InChI=1S/C18H25N3O3/c1-20-11-9-13(12-16(20)22)18(24)21-10-5-4-8-15(21)17(23)19-14-6-2-3-7-14/h9,11-12,14-15H,2-8,10H2,1H3,(H,19,23). The average Bonchev–Trinajstić information content (AvgIpc) is 3.09. The molecule has 3 rings (SSSR count). The van der Waals surface area contributed by atoms with E-state index in [1.165, 1.54) is 10.6 Å². The Morgan fingerprint density at radius 2 is 1.83 bits per heavy atom. The first kappa shape index (κ1) is 16.7. The number of hydrogen-bond acceptors (Lipinski definition) is 3. The van der Waals surface area contributed by atoms with Gasteiger partial charge in [-0.25, -0.2) is 0 Å². The molecular formula is C18H25N3O3. The smallest absolute Gasteiger partial charge is 0.254 e. The van der Waals surface area contributed by atoms with Crippen LogP contribution in [0.2, 0.25) is 0 Å². The minimum atomic E-state index is -0.420. The van der Waals surface area contributed by atoms with E-state index in [9.17, 15) is 14.4 Å². The van der Waals surface area contributed by atoms with Crippen molar-refractivity contribution in [3.63, 3.8) is 0 Å². The zero-order chi connectivity index (χ0) is 17.1. The van der Waals surface area contributed by atoms with Crippen LogP contribution in [-0.2, 0) is 11.8 Å². The molecule has 2 fully saturated rings.